The average molecular weight is 236 g/mol. The number of nitrogens with zero attached hydrogens (tertiary/aromatic N) is 1. The van der Waals surface area contributed by atoms with Crippen molar-refractivity contribution in [2.24, 2.45) is 5.41 Å². The fraction of sp³-hybridized carbons (Fsp3) is 0.538. The molecule has 0 spiro atoms. The maximum Gasteiger partial charge on any atom is 0.337 e. The maximum absolute atomic E-state index is 11.3. The van der Waals surface area contributed by atoms with E-state index in [1.54, 1.807) is 13.8 Å². The van der Waals surface area contributed by atoms with Crippen LogP contribution in [0.2, 0.25) is 0 Å². The molecule has 1 rings (SSSR count). The molecule has 0 aliphatic rings. The zero-order valence-corrected chi connectivity index (χ0v) is 11.1. The first-order valence-electron chi connectivity index (χ1n) is 5.62. The number of hydrogen-bond donors (Lipinski definition) is 2. The molecule has 0 aliphatic heterocycles. The van der Waals surface area contributed by atoms with Crippen molar-refractivity contribution in [3.8, 4) is 0 Å². The zero-order valence-electron chi connectivity index (χ0n) is 11.1. The quantitative estimate of drug-likeness (QED) is 0.827. The number of aromatic nitrogens is 1. The van der Waals surface area contributed by atoms with Crippen LogP contribution in [0.1, 0.15) is 48.1 Å². The van der Waals surface area contributed by atoms with Crippen LogP contribution in [0.5, 0.6) is 0 Å². The smallest absolute Gasteiger partial charge is 0.337 e. The highest BCUT2D eigenvalue weighted by atomic mass is 16.4. The van der Waals surface area contributed by atoms with E-state index in [9.17, 15) is 9.90 Å². The Bertz CT molecular complexity index is 459. The predicted molar refractivity (Wildman–Crippen MR) is 68.2 cm³/mol. The largest absolute Gasteiger partial charge is 0.478 e. The van der Waals surface area contributed by atoms with Gasteiger partial charge < -0.3 is 10.8 Å². The molecule has 0 fully saturated rings. The van der Waals surface area contributed by atoms with Gasteiger partial charge in [0.2, 0.25) is 0 Å². The van der Waals surface area contributed by atoms with E-state index in [1.165, 1.54) is 0 Å². The molecule has 4 heteroatoms. The number of aryl methyl sites for hydroxylation is 2. The van der Waals surface area contributed by atoms with Gasteiger partial charge in [0, 0.05) is 0 Å². The molecule has 0 bridgehead atoms. The molecule has 3 N–H and O–H groups in total. The standard InChI is InChI=1S/C13H20N2O2/c1-7-10(12(16)17)9(6-13(3,4)5)11(14)8(2)15-7/h6,14H2,1-5H3,(H,16,17). The third-order valence-electron chi connectivity index (χ3n) is 2.63. The molecule has 1 aromatic heterocycles. The molecule has 0 saturated heterocycles. The first-order chi connectivity index (χ1) is 7.63. The molecule has 0 radical (unpaired) electrons. The summed E-state index contributed by atoms with van der Waals surface area (Å²) in [5.41, 5.74) is 8.65. The van der Waals surface area contributed by atoms with E-state index >= 15 is 0 Å². The van der Waals surface area contributed by atoms with Gasteiger partial charge in [-0.2, -0.15) is 0 Å². The summed E-state index contributed by atoms with van der Waals surface area (Å²) in [7, 11) is 0. The number of carboxylic acid groups (broad SMARTS) is 1. The molecule has 4 nitrogen and oxygen atoms in total. The minimum Gasteiger partial charge on any atom is -0.478 e. The lowest BCUT2D eigenvalue weighted by Gasteiger charge is -2.22. The minimum atomic E-state index is -0.957. The highest BCUT2D eigenvalue weighted by Crippen LogP contribution is 2.29. The minimum absolute atomic E-state index is 0.0153. The molecule has 0 amide bonds. The van der Waals surface area contributed by atoms with Crippen LogP contribution >= 0.6 is 0 Å². The number of carboxylic acids is 1. The Morgan fingerprint density at radius 2 is 1.82 bits per heavy atom. The number of pyridine rings is 1. The number of anilines is 1. The van der Waals surface area contributed by atoms with Crippen molar-refractivity contribution in [3.05, 3.63) is 22.5 Å². The van der Waals surface area contributed by atoms with E-state index in [0.717, 1.165) is 0 Å². The van der Waals surface area contributed by atoms with Crippen LogP contribution in [0, 0.1) is 19.3 Å². The normalized spacial score (nSPS) is 11.6. The van der Waals surface area contributed by atoms with Crippen molar-refractivity contribution in [1.82, 2.24) is 4.98 Å². The number of hydrogen-bond acceptors (Lipinski definition) is 3. The van der Waals surface area contributed by atoms with E-state index in [0.29, 0.717) is 29.1 Å². The highest BCUT2D eigenvalue weighted by Gasteiger charge is 2.23. The third-order valence-corrected chi connectivity index (χ3v) is 2.63. The number of carbonyl (C=O) groups is 1. The number of nitrogens with two attached hydrogens (primary N) is 1. The molecule has 0 atom stereocenters. The zero-order chi connectivity index (χ0) is 13.4. The van der Waals surface area contributed by atoms with Crippen molar-refractivity contribution in [3.63, 3.8) is 0 Å². The molecule has 94 valence electrons. The van der Waals surface area contributed by atoms with Crippen molar-refractivity contribution >= 4 is 11.7 Å². The Balaban J connectivity index is 3.48. The summed E-state index contributed by atoms with van der Waals surface area (Å²) in [4.78, 5) is 15.5. The lowest BCUT2D eigenvalue weighted by atomic mass is 9.85. The van der Waals surface area contributed by atoms with E-state index in [-0.39, 0.29) is 11.0 Å². The summed E-state index contributed by atoms with van der Waals surface area (Å²) in [5.74, 6) is -0.957. The van der Waals surface area contributed by atoms with E-state index < -0.39 is 5.97 Å². The van der Waals surface area contributed by atoms with Crippen LogP contribution in [0.3, 0.4) is 0 Å². The van der Waals surface area contributed by atoms with Crippen molar-refractivity contribution < 1.29 is 9.90 Å². The van der Waals surface area contributed by atoms with Gasteiger partial charge in [0.1, 0.15) is 0 Å². The van der Waals surface area contributed by atoms with Crippen LogP contribution < -0.4 is 5.73 Å². The summed E-state index contributed by atoms with van der Waals surface area (Å²) in [6.45, 7) is 9.69. The molecule has 0 aromatic carbocycles. The summed E-state index contributed by atoms with van der Waals surface area (Å²) >= 11 is 0. The van der Waals surface area contributed by atoms with E-state index in [4.69, 9.17) is 5.73 Å². The van der Waals surface area contributed by atoms with Gasteiger partial charge in [0.25, 0.3) is 0 Å². The molecule has 0 saturated carbocycles. The van der Waals surface area contributed by atoms with Gasteiger partial charge in [-0.3, -0.25) is 4.98 Å². The van der Waals surface area contributed by atoms with Gasteiger partial charge in [0.05, 0.1) is 22.6 Å². The van der Waals surface area contributed by atoms with Crippen molar-refractivity contribution in [1.29, 1.82) is 0 Å². The Hall–Kier alpha value is -1.58. The van der Waals surface area contributed by atoms with Gasteiger partial charge >= 0.3 is 5.97 Å². The molecule has 17 heavy (non-hydrogen) atoms. The van der Waals surface area contributed by atoms with Gasteiger partial charge in [-0.15, -0.1) is 0 Å². The van der Waals surface area contributed by atoms with Gasteiger partial charge in [0.15, 0.2) is 0 Å². The summed E-state index contributed by atoms with van der Waals surface area (Å²) in [5, 5.41) is 9.26. The Labute approximate surface area is 102 Å². The Morgan fingerprint density at radius 1 is 1.29 bits per heavy atom. The first kappa shape index (κ1) is 13.5. The van der Waals surface area contributed by atoms with Crippen molar-refractivity contribution in [2.75, 3.05) is 5.73 Å². The number of aromatic carboxylic acids is 1. The lowest BCUT2D eigenvalue weighted by molar-refractivity contribution is 0.0694. The van der Waals surface area contributed by atoms with Crippen LogP contribution in [0.4, 0.5) is 5.69 Å². The predicted octanol–water partition coefficient (Wildman–Crippen LogP) is 2.57. The highest BCUT2D eigenvalue weighted by molar-refractivity contribution is 5.92. The first-order valence-corrected chi connectivity index (χ1v) is 5.62. The van der Waals surface area contributed by atoms with Crippen LogP contribution in [-0.2, 0) is 6.42 Å². The Morgan fingerprint density at radius 3 is 2.24 bits per heavy atom. The average Bonchev–Trinajstić information content (AvgIpc) is 2.10. The maximum atomic E-state index is 11.3. The molecular weight excluding hydrogens is 216 g/mol. The summed E-state index contributed by atoms with van der Waals surface area (Å²) < 4.78 is 0. The second kappa shape index (κ2) is 4.35. The molecule has 0 unspecified atom stereocenters. The van der Waals surface area contributed by atoms with E-state index in [2.05, 4.69) is 25.8 Å². The summed E-state index contributed by atoms with van der Waals surface area (Å²) in [6, 6.07) is 0. The Kier molecular flexibility index (Phi) is 3.45. The topological polar surface area (TPSA) is 76.2 Å². The number of nitrogen functional groups attached to an aromatic ring is 1. The second-order valence-corrected chi connectivity index (χ2v) is 5.59. The van der Waals surface area contributed by atoms with Crippen LogP contribution in [-0.4, -0.2) is 16.1 Å². The fourth-order valence-corrected chi connectivity index (χ4v) is 1.94. The van der Waals surface area contributed by atoms with Crippen LogP contribution in [0.15, 0.2) is 0 Å². The molecule has 0 aliphatic carbocycles. The van der Waals surface area contributed by atoms with E-state index in [1.807, 2.05) is 0 Å². The lowest BCUT2D eigenvalue weighted by Crippen LogP contribution is -2.18. The van der Waals surface area contributed by atoms with Gasteiger partial charge in [-0.05, 0) is 31.2 Å². The van der Waals surface area contributed by atoms with Crippen LogP contribution in [0.25, 0.3) is 0 Å². The molecule has 1 aromatic rings. The second-order valence-electron chi connectivity index (χ2n) is 5.59. The fourth-order valence-electron chi connectivity index (χ4n) is 1.94. The molecular formula is C13H20N2O2. The van der Waals surface area contributed by atoms with Crippen molar-refractivity contribution in [2.45, 2.75) is 41.0 Å². The molecule has 1 heterocycles. The SMILES string of the molecule is Cc1nc(C)c(C(=O)O)c(CC(C)(C)C)c1N. The van der Waals surface area contributed by atoms with Gasteiger partial charge in [-0.25, -0.2) is 4.79 Å². The number of rotatable bonds is 2. The van der Waals surface area contributed by atoms with Gasteiger partial charge in [-0.1, -0.05) is 20.8 Å². The monoisotopic (exact) mass is 236 g/mol. The summed E-state index contributed by atoms with van der Waals surface area (Å²) in [6.07, 6.45) is 0.630. The third kappa shape index (κ3) is 2.96.